The van der Waals surface area contributed by atoms with Crippen LogP contribution in [0, 0.1) is 11.8 Å². The van der Waals surface area contributed by atoms with Gasteiger partial charge in [-0.15, -0.1) is 11.8 Å². The van der Waals surface area contributed by atoms with E-state index in [0.29, 0.717) is 42.3 Å². The SMILES string of the molecule is CCOc1cc(CCNC(=O)C[C@H]2S[C@@H](c3ccc(C#Cc4ccc(C=O)cc4)cc3)N(c3ccc(S(N)(=O)=O)cc3)C2=O)ccc1OC. The van der Waals surface area contributed by atoms with Crippen LogP contribution in [0.25, 0.3) is 0 Å². The number of benzene rings is 4. The average Bonchev–Trinajstić information content (AvgIpc) is 3.42. The summed E-state index contributed by atoms with van der Waals surface area (Å²) >= 11 is 1.35. The number of ether oxygens (including phenoxy) is 2. The molecule has 2 amide bonds. The number of nitrogens with two attached hydrogens (primary N) is 1. The molecule has 0 radical (unpaired) electrons. The molecule has 0 spiro atoms. The smallest absolute Gasteiger partial charge is 0.241 e. The molecule has 1 aliphatic rings. The molecule has 2 atom stereocenters. The third kappa shape index (κ3) is 8.88. The summed E-state index contributed by atoms with van der Waals surface area (Å²) in [5.41, 5.74) is 4.34. The molecule has 1 heterocycles. The lowest BCUT2D eigenvalue weighted by Gasteiger charge is -2.24. The number of thioether (sulfide) groups is 1. The molecule has 4 aromatic rings. The molecule has 0 aromatic heterocycles. The summed E-state index contributed by atoms with van der Waals surface area (Å²) in [4.78, 5) is 39.3. The Morgan fingerprint density at radius 3 is 2.20 bits per heavy atom. The van der Waals surface area contributed by atoms with Crippen molar-refractivity contribution in [2.45, 2.75) is 35.3 Å². The van der Waals surface area contributed by atoms with Crippen LogP contribution in [0.3, 0.4) is 0 Å². The Labute approximate surface area is 290 Å². The number of sulfonamides is 1. The molecule has 0 saturated carbocycles. The lowest BCUT2D eigenvalue weighted by Crippen LogP contribution is -2.34. The first-order chi connectivity index (χ1) is 23.6. The first-order valence-corrected chi connectivity index (χ1v) is 17.9. The third-order valence-corrected chi connectivity index (χ3v) is 10.1. The van der Waals surface area contributed by atoms with Gasteiger partial charge in [0.25, 0.3) is 0 Å². The van der Waals surface area contributed by atoms with Crippen LogP contribution in [-0.4, -0.2) is 52.0 Å². The van der Waals surface area contributed by atoms with Gasteiger partial charge in [-0.2, -0.15) is 0 Å². The van der Waals surface area contributed by atoms with Crippen LogP contribution in [0.5, 0.6) is 11.5 Å². The molecule has 3 N–H and O–H groups in total. The van der Waals surface area contributed by atoms with E-state index in [4.69, 9.17) is 14.6 Å². The first kappa shape index (κ1) is 35.2. The van der Waals surface area contributed by atoms with Crippen molar-refractivity contribution in [3.8, 4) is 23.3 Å². The van der Waals surface area contributed by atoms with Gasteiger partial charge in [-0.3, -0.25) is 19.3 Å². The number of nitrogens with one attached hydrogen (secondary N) is 1. The van der Waals surface area contributed by atoms with Gasteiger partial charge in [0.2, 0.25) is 21.8 Å². The number of aldehydes is 1. The van der Waals surface area contributed by atoms with Crippen LogP contribution in [-0.2, 0) is 26.0 Å². The molecule has 5 rings (SSSR count). The molecule has 12 heteroatoms. The number of nitrogens with zero attached hydrogens (tertiary/aromatic N) is 1. The molecule has 252 valence electrons. The van der Waals surface area contributed by atoms with Gasteiger partial charge >= 0.3 is 0 Å². The first-order valence-electron chi connectivity index (χ1n) is 15.4. The van der Waals surface area contributed by atoms with Crippen molar-refractivity contribution in [3.05, 3.63) is 119 Å². The maximum Gasteiger partial charge on any atom is 0.241 e. The van der Waals surface area contributed by atoms with Gasteiger partial charge < -0.3 is 14.8 Å². The number of carbonyl (C=O) groups excluding carboxylic acids is 3. The fraction of sp³-hybridized carbons (Fsp3) is 0.216. The standard InChI is InChI=1S/C37H35N3O7S2/c1-3-47-33-22-27(12-19-32(33)46-2)20-21-39-35(42)23-34-36(43)40(30-15-17-31(18-16-30)49(38,44)45)37(48-34)29-13-10-26(11-14-29)5-4-25-6-8-28(24-41)9-7-25/h6-19,22,24,34,37H,3,20-21,23H2,1-2H3,(H,39,42)(H2,38,44,45)/t34-,37+/m1/s1. The molecule has 4 aromatic carbocycles. The second-order valence-corrected chi connectivity index (χ2v) is 13.9. The highest BCUT2D eigenvalue weighted by molar-refractivity contribution is 8.01. The highest BCUT2D eigenvalue weighted by Crippen LogP contribution is 2.46. The van der Waals surface area contributed by atoms with E-state index in [1.54, 1.807) is 36.3 Å². The summed E-state index contributed by atoms with van der Waals surface area (Å²) in [6.45, 7) is 2.76. The summed E-state index contributed by atoms with van der Waals surface area (Å²) in [7, 11) is -2.35. The van der Waals surface area contributed by atoms with Crippen LogP contribution in [0.2, 0.25) is 0 Å². The molecular formula is C37H35N3O7S2. The van der Waals surface area contributed by atoms with Gasteiger partial charge in [0, 0.05) is 35.3 Å². The van der Waals surface area contributed by atoms with Gasteiger partial charge in [-0.1, -0.05) is 42.2 Å². The summed E-state index contributed by atoms with van der Waals surface area (Å²) < 4.78 is 34.7. The van der Waals surface area contributed by atoms with Crippen molar-refractivity contribution < 1.29 is 32.3 Å². The van der Waals surface area contributed by atoms with E-state index in [9.17, 15) is 22.8 Å². The van der Waals surface area contributed by atoms with Crippen molar-refractivity contribution in [1.29, 1.82) is 0 Å². The number of anilines is 1. The zero-order chi connectivity index (χ0) is 35.0. The van der Waals surface area contributed by atoms with Gasteiger partial charge in [0.15, 0.2) is 11.5 Å². The minimum atomic E-state index is -3.92. The number of carbonyl (C=O) groups is 3. The van der Waals surface area contributed by atoms with Crippen LogP contribution in [0.4, 0.5) is 5.69 Å². The minimum absolute atomic E-state index is 0.0367. The summed E-state index contributed by atoms with van der Waals surface area (Å²) in [5.74, 6) is 6.92. The number of amides is 2. The van der Waals surface area contributed by atoms with E-state index < -0.39 is 20.6 Å². The highest BCUT2D eigenvalue weighted by Gasteiger charge is 2.42. The predicted molar refractivity (Wildman–Crippen MR) is 189 cm³/mol. The number of hydrogen-bond donors (Lipinski definition) is 2. The predicted octanol–water partition coefficient (Wildman–Crippen LogP) is 4.85. The molecule has 10 nitrogen and oxygen atoms in total. The normalized spacial score (nSPS) is 15.7. The number of methoxy groups -OCH3 is 1. The molecule has 0 unspecified atom stereocenters. The molecule has 0 bridgehead atoms. The fourth-order valence-corrected chi connectivity index (χ4v) is 7.19. The summed E-state index contributed by atoms with van der Waals surface area (Å²) in [6.07, 6.45) is 1.30. The second kappa shape index (κ2) is 15.9. The van der Waals surface area contributed by atoms with Crippen molar-refractivity contribution >= 4 is 45.6 Å². The van der Waals surface area contributed by atoms with Gasteiger partial charge in [-0.05, 0) is 85.1 Å². The van der Waals surface area contributed by atoms with Crippen LogP contribution in [0.1, 0.15) is 51.3 Å². The third-order valence-electron chi connectivity index (χ3n) is 7.71. The molecule has 1 saturated heterocycles. The quantitative estimate of drug-likeness (QED) is 0.158. The van der Waals surface area contributed by atoms with Crippen molar-refractivity contribution in [1.82, 2.24) is 5.32 Å². The Kier molecular flexibility index (Phi) is 11.4. The van der Waals surface area contributed by atoms with E-state index in [2.05, 4.69) is 17.2 Å². The minimum Gasteiger partial charge on any atom is -0.493 e. The molecule has 0 aliphatic carbocycles. The van der Waals surface area contributed by atoms with E-state index in [1.165, 1.54) is 36.0 Å². The lowest BCUT2D eigenvalue weighted by atomic mass is 10.1. The van der Waals surface area contributed by atoms with Crippen molar-refractivity contribution in [2.24, 2.45) is 5.14 Å². The average molecular weight is 698 g/mol. The summed E-state index contributed by atoms with van der Waals surface area (Å²) in [6, 6.07) is 25.8. The number of rotatable bonds is 12. The van der Waals surface area contributed by atoms with Gasteiger partial charge in [0.1, 0.15) is 11.7 Å². The van der Waals surface area contributed by atoms with Crippen LogP contribution in [0.15, 0.2) is 95.9 Å². The zero-order valence-corrected chi connectivity index (χ0v) is 28.6. The molecule has 49 heavy (non-hydrogen) atoms. The van der Waals surface area contributed by atoms with E-state index in [1.807, 2.05) is 49.4 Å². The largest absolute Gasteiger partial charge is 0.493 e. The zero-order valence-electron chi connectivity index (χ0n) is 26.9. The lowest BCUT2D eigenvalue weighted by molar-refractivity contribution is -0.124. The fourth-order valence-electron chi connectivity index (χ4n) is 5.22. The maximum absolute atomic E-state index is 13.8. The Morgan fingerprint density at radius 2 is 1.61 bits per heavy atom. The molecule has 1 fully saturated rings. The molecule has 1 aliphatic heterocycles. The highest BCUT2D eigenvalue weighted by atomic mass is 32.2. The monoisotopic (exact) mass is 697 g/mol. The maximum atomic E-state index is 13.8. The summed E-state index contributed by atoms with van der Waals surface area (Å²) in [5, 5.41) is 7.05. The van der Waals surface area contributed by atoms with E-state index in [0.717, 1.165) is 28.5 Å². The Bertz CT molecular complexity index is 1990. The Hall–Kier alpha value is -5.09. The van der Waals surface area contributed by atoms with E-state index in [-0.39, 0.29) is 23.1 Å². The Morgan fingerprint density at radius 1 is 0.959 bits per heavy atom. The van der Waals surface area contributed by atoms with Crippen molar-refractivity contribution in [3.63, 3.8) is 0 Å². The van der Waals surface area contributed by atoms with Gasteiger partial charge in [0.05, 0.1) is 23.9 Å². The number of primary sulfonamides is 1. The van der Waals surface area contributed by atoms with E-state index >= 15 is 0 Å². The van der Waals surface area contributed by atoms with Crippen LogP contribution >= 0.6 is 11.8 Å². The van der Waals surface area contributed by atoms with Crippen molar-refractivity contribution in [2.75, 3.05) is 25.2 Å². The molecular weight excluding hydrogens is 663 g/mol. The van der Waals surface area contributed by atoms with Crippen LogP contribution < -0.4 is 24.8 Å². The topological polar surface area (TPSA) is 145 Å². The second-order valence-electron chi connectivity index (χ2n) is 11.1. The Balaban J connectivity index is 1.31. The van der Waals surface area contributed by atoms with Gasteiger partial charge in [-0.25, -0.2) is 13.6 Å². The number of hydrogen-bond acceptors (Lipinski definition) is 8.